The molecule has 1 aromatic carbocycles. The minimum Gasteiger partial charge on any atom is -0.384 e. The van der Waals surface area contributed by atoms with Gasteiger partial charge in [0.25, 0.3) is 0 Å². The second kappa shape index (κ2) is 7.04. The summed E-state index contributed by atoms with van der Waals surface area (Å²) in [4.78, 5) is 0. The van der Waals surface area contributed by atoms with Crippen molar-refractivity contribution in [2.24, 2.45) is 0 Å². The zero-order valence-corrected chi connectivity index (χ0v) is 11.8. The molecule has 3 heteroatoms. The van der Waals surface area contributed by atoms with Crippen LogP contribution in [-0.4, -0.2) is 29.7 Å². The average Bonchev–Trinajstić information content (AvgIpc) is 2.35. The molecule has 0 spiro atoms. The lowest BCUT2D eigenvalue weighted by atomic mass is 9.96. The van der Waals surface area contributed by atoms with Gasteiger partial charge in [0.15, 0.2) is 0 Å². The summed E-state index contributed by atoms with van der Waals surface area (Å²) in [5, 5.41) is 14.3. The molecule has 0 fully saturated rings. The number of hydrogen-bond acceptors (Lipinski definition) is 3. The summed E-state index contributed by atoms with van der Waals surface area (Å²) >= 11 is 1.88. The summed E-state index contributed by atoms with van der Waals surface area (Å²) in [7, 11) is 0. The van der Waals surface area contributed by atoms with Gasteiger partial charge in [-0.2, -0.15) is 11.8 Å². The summed E-state index contributed by atoms with van der Waals surface area (Å²) in [6.07, 6.45) is 3.26. The Morgan fingerprint density at radius 3 is 2.59 bits per heavy atom. The topological polar surface area (TPSA) is 32.3 Å². The summed E-state index contributed by atoms with van der Waals surface area (Å²) in [5.41, 5.74) is 0.176. The van der Waals surface area contributed by atoms with Crippen molar-refractivity contribution < 1.29 is 5.11 Å². The van der Waals surface area contributed by atoms with Gasteiger partial charge >= 0.3 is 0 Å². The Balaban J connectivity index is 2.35. The second-order valence-corrected chi connectivity index (χ2v) is 5.93. The van der Waals surface area contributed by atoms with E-state index in [1.165, 1.54) is 0 Å². The van der Waals surface area contributed by atoms with Crippen LogP contribution < -0.4 is 5.32 Å². The van der Waals surface area contributed by atoms with E-state index in [4.69, 9.17) is 0 Å². The van der Waals surface area contributed by atoms with Crippen molar-refractivity contribution in [3.05, 3.63) is 35.9 Å². The fourth-order valence-corrected chi connectivity index (χ4v) is 2.01. The molecule has 0 amide bonds. The van der Waals surface area contributed by atoms with E-state index in [-0.39, 0.29) is 0 Å². The minimum atomic E-state index is -0.788. The van der Waals surface area contributed by atoms with Crippen molar-refractivity contribution in [3.63, 3.8) is 0 Å². The fraction of sp³-hybridized carbons (Fsp3) is 0.571. The quantitative estimate of drug-likeness (QED) is 0.733. The molecule has 0 heterocycles. The van der Waals surface area contributed by atoms with E-state index >= 15 is 0 Å². The first-order chi connectivity index (χ1) is 8.06. The third-order valence-electron chi connectivity index (χ3n) is 2.99. The van der Waals surface area contributed by atoms with E-state index in [9.17, 15) is 5.11 Å². The van der Waals surface area contributed by atoms with Crippen LogP contribution in [0.25, 0.3) is 0 Å². The lowest BCUT2D eigenvalue weighted by Crippen LogP contribution is -2.36. The van der Waals surface area contributed by atoms with Crippen molar-refractivity contribution in [1.29, 1.82) is 0 Å². The molecule has 2 unspecified atom stereocenters. The highest BCUT2D eigenvalue weighted by atomic mass is 32.2. The molecule has 96 valence electrons. The normalized spacial score (nSPS) is 16.5. The number of rotatable bonds is 7. The maximum atomic E-state index is 10.3. The SMILES string of the molecule is CSC(C)CCNCC(C)(O)c1ccccc1. The largest absolute Gasteiger partial charge is 0.384 e. The lowest BCUT2D eigenvalue weighted by Gasteiger charge is -2.24. The molecule has 1 rings (SSSR count). The van der Waals surface area contributed by atoms with Gasteiger partial charge in [-0.15, -0.1) is 0 Å². The molecule has 0 saturated heterocycles. The van der Waals surface area contributed by atoms with Gasteiger partial charge in [-0.1, -0.05) is 37.3 Å². The highest BCUT2D eigenvalue weighted by Gasteiger charge is 2.21. The Bertz CT molecular complexity index is 313. The van der Waals surface area contributed by atoms with Gasteiger partial charge in [0.2, 0.25) is 0 Å². The maximum absolute atomic E-state index is 10.3. The van der Waals surface area contributed by atoms with Gasteiger partial charge in [0.1, 0.15) is 0 Å². The van der Waals surface area contributed by atoms with E-state index < -0.39 is 5.60 Å². The first-order valence-electron chi connectivity index (χ1n) is 6.07. The van der Waals surface area contributed by atoms with E-state index in [1.807, 2.05) is 49.0 Å². The molecule has 17 heavy (non-hydrogen) atoms. The van der Waals surface area contributed by atoms with E-state index in [1.54, 1.807) is 0 Å². The molecular formula is C14H23NOS. The van der Waals surface area contributed by atoms with E-state index in [0.29, 0.717) is 11.8 Å². The molecule has 0 aliphatic carbocycles. The second-order valence-electron chi connectivity index (χ2n) is 4.65. The molecule has 0 saturated carbocycles. The number of nitrogens with one attached hydrogen (secondary N) is 1. The van der Waals surface area contributed by atoms with Crippen LogP contribution >= 0.6 is 11.8 Å². The molecule has 2 N–H and O–H groups in total. The maximum Gasteiger partial charge on any atom is 0.0992 e. The summed E-state index contributed by atoms with van der Waals surface area (Å²) < 4.78 is 0. The summed E-state index contributed by atoms with van der Waals surface area (Å²) in [5.74, 6) is 0. The fourth-order valence-electron chi connectivity index (χ4n) is 1.65. The van der Waals surface area contributed by atoms with Crippen molar-refractivity contribution in [2.45, 2.75) is 31.1 Å². The predicted molar refractivity (Wildman–Crippen MR) is 76.5 cm³/mol. The van der Waals surface area contributed by atoms with Crippen LogP contribution in [0.1, 0.15) is 25.8 Å². The third kappa shape index (κ3) is 5.11. The molecule has 0 aliphatic heterocycles. The predicted octanol–water partition coefficient (Wildman–Crippen LogP) is 2.63. The average molecular weight is 253 g/mol. The number of aliphatic hydroxyl groups is 1. The highest BCUT2D eigenvalue weighted by molar-refractivity contribution is 7.99. The van der Waals surface area contributed by atoms with Crippen LogP contribution in [0.3, 0.4) is 0 Å². The van der Waals surface area contributed by atoms with Crippen LogP contribution in [0.4, 0.5) is 0 Å². The Morgan fingerprint density at radius 1 is 1.35 bits per heavy atom. The van der Waals surface area contributed by atoms with Crippen molar-refractivity contribution in [2.75, 3.05) is 19.3 Å². The molecule has 0 aliphatic rings. The molecule has 2 atom stereocenters. The molecule has 0 radical (unpaired) electrons. The van der Waals surface area contributed by atoms with Crippen LogP contribution in [0.2, 0.25) is 0 Å². The molecule has 0 aromatic heterocycles. The zero-order valence-electron chi connectivity index (χ0n) is 10.9. The Morgan fingerprint density at radius 2 is 2.00 bits per heavy atom. The van der Waals surface area contributed by atoms with Crippen molar-refractivity contribution >= 4 is 11.8 Å². The van der Waals surface area contributed by atoms with Crippen LogP contribution in [-0.2, 0) is 5.60 Å². The van der Waals surface area contributed by atoms with Crippen LogP contribution in [0.5, 0.6) is 0 Å². The van der Waals surface area contributed by atoms with Crippen molar-refractivity contribution in [1.82, 2.24) is 5.32 Å². The first-order valence-corrected chi connectivity index (χ1v) is 7.36. The number of hydrogen-bond donors (Lipinski definition) is 2. The van der Waals surface area contributed by atoms with Crippen molar-refractivity contribution in [3.8, 4) is 0 Å². The van der Waals surface area contributed by atoms with Gasteiger partial charge < -0.3 is 10.4 Å². The van der Waals surface area contributed by atoms with E-state index in [2.05, 4.69) is 18.5 Å². The summed E-state index contributed by atoms with van der Waals surface area (Å²) in [6, 6.07) is 9.81. The lowest BCUT2D eigenvalue weighted by molar-refractivity contribution is 0.0571. The van der Waals surface area contributed by atoms with Gasteiger partial charge in [-0.25, -0.2) is 0 Å². The monoisotopic (exact) mass is 253 g/mol. The Labute approximate surface area is 109 Å². The van der Waals surface area contributed by atoms with Gasteiger partial charge in [0, 0.05) is 11.8 Å². The highest BCUT2D eigenvalue weighted by Crippen LogP contribution is 2.19. The Hall–Kier alpha value is -0.510. The molecule has 2 nitrogen and oxygen atoms in total. The standard InChI is InChI=1S/C14H23NOS/c1-12(17-3)9-10-15-11-14(2,16)13-7-5-4-6-8-13/h4-8,12,15-16H,9-11H2,1-3H3. The molecule has 1 aromatic rings. The minimum absolute atomic E-state index is 0.595. The van der Waals surface area contributed by atoms with Gasteiger partial charge in [-0.3, -0.25) is 0 Å². The Kier molecular flexibility index (Phi) is 6.03. The zero-order chi connectivity index (χ0) is 12.7. The van der Waals surface area contributed by atoms with Gasteiger partial charge in [0.05, 0.1) is 5.60 Å². The number of thioether (sulfide) groups is 1. The third-order valence-corrected chi connectivity index (χ3v) is 4.04. The smallest absolute Gasteiger partial charge is 0.0992 e. The molecular weight excluding hydrogens is 230 g/mol. The van der Waals surface area contributed by atoms with Gasteiger partial charge in [-0.05, 0) is 31.7 Å². The van der Waals surface area contributed by atoms with Crippen LogP contribution in [0.15, 0.2) is 30.3 Å². The van der Waals surface area contributed by atoms with Crippen LogP contribution in [0, 0.1) is 0 Å². The molecule has 0 bridgehead atoms. The summed E-state index contributed by atoms with van der Waals surface area (Å²) in [6.45, 7) is 5.62. The van der Waals surface area contributed by atoms with E-state index in [0.717, 1.165) is 18.5 Å². The first kappa shape index (κ1) is 14.6. The number of benzene rings is 1.